The summed E-state index contributed by atoms with van der Waals surface area (Å²) in [6, 6.07) is 26.3. The minimum Gasteiger partial charge on any atom is -0.491 e. The maximum atomic E-state index is 12.0. The van der Waals surface area contributed by atoms with Crippen LogP contribution in [-0.4, -0.2) is 50.7 Å². The molecule has 0 aliphatic carbocycles. The van der Waals surface area contributed by atoms with Crippen molar-refractivity contribution in [2.24, 2.45) is 0 Å². The van der Waals surface area contributed by atoms with Gasteiger partial charge in [0.1, 0.15) is 17.0 Å². The molecule has 6 aromatic rings. The fraction of sp³-hybridized carbons (Fsp3) is 0.206. The summed E-state index contributed by atoms with van der Waals surface area (Å²) in [5.74, 6) is 1.21. The number of benzene rings is 2. The number of nitrogens with two attached hydrogens (primary N) is 1. The van der Waals surface area contributed by atoms with Crippen molar-refractivity contribution in [3.8, 4) is 34.1 Å². The van der Waals surface area contributed by atoms with Gasteiger partial charge in [-0.1, -0.05) is 42.5 Å². The summed E-state index contributed by atoms with van der Waals surface area (Å²) in [6.07, 6.45) is 3.58. The van der Waals surface area contributed by atoms with Crippen LogP contribution in [0.1, 0.15) is 18.4 Å². The predicted octanol–water partition coefficient (Wildman–Crippen LogP) is 4.41. The van der Waals surface area contributed by atoms with Gasteiger partial charge >= 0.3 is 0 Å². The van der Waals surface area contributed by atoms with Gasteiger partial charge in [-0.2, -0.15) is 0 Å². The number of anilines is 2. The van der Waals surface area contributed by atoms with E-state index in [0.29, 0.717) is 17.3 Å². The van der Waals surface area contributed by atoms with Crippen LogP contribution in [0.15, 0.2) is 94.6 Å². The number of fused-ring (bicyclic) bond motifs is 1. The molecule has 0 spiro atoms. The number of nitrogen functional groups attached to an aromatic ring is 1. The molecule has 1 aliphatic rings. The van der Waals surface area contributed by atoms with Crippen LogP contribution in [0.25, 0.3) is 39.5 Å². The van der Waals surface area contributed by atoms with Gasteiger partial charge in [-0.3, -0.25) is 19.1 Å². The van der Waals surface area contributed by atoms with Gasteiger partial charge in [0.25, 0.3) is 10.9 Å². The lowest BCUT2D eigenvalue weighted by Gasteiger charge is -2.34. The summed E-state index contributed by atoms with van der Waals surface area (Å²) < 4.78 is 7.14. The Bertz CT molecular complexity index is 2030. The number of pyridine rings is 2. The van der Waals surface area contributed by atoms with Crippen molar-refractivity contribution < 1.29 is 4.74 Å². The highest BCUT2D eigenvalue weighted by atomic mass is 16.5. The molecule has 0 saturated carbocycles. The van der Waals surface area contributed by atoms with Gasteiger partial charge < -0.3 is 15.8 Å². The fourth-order valence-electron chi connectivity index (χ4n) is 5.99. The number of nitrogens with zero attached hydrogens (tertiary/aromatic N) is 5. The lowest BCUT2D eigenvalue weighted by molar-refractivity contribution is 0.208. The predicted molar refractivity (Wildman–Crippen MR) is 172 cm³/mol. The van der Waals surface area contributed by atoms with Gasteiger partial charge in [0.2, 0.25) is 0 Å². The van der Waals surface area contributed by atoms with Crippen molar-refractivity contribution in [1.82, 2.24) is 24.4 Å². The van der Waals surface area contributed by atoms with E-state index in [1.165, 1.54) is 7.11 Å². The third kappa shape index (κ3) is 4.99. The molecule has 1 aliphatic heterocycles. The SMILES string of the molecule is COc1c(N[C@H]2CCCN(Cc3ccc(-n4c(-c5cccnc5N)nc5ccc(-c6ccccc6)nc54)cc3)C2)c(=O)c1=O. The molecule has 0 radical (unpaired) electrons. The molecule has 1 fully saturated rings. The van der Waals surface area contributed by atoms with E-state index in [0.717, 1.165) is 71.7 Å². The molecule has 220 valence electrons. The van der Waals surface area contributed by atoms with Crippen LogP contribution in [0.3, 0.4) is 0 Å². The third-order valence-corrected chi connectivity index (χ3v) is 8.18. The van der Waals surface area contributed by atoms with Crippen LogP contribution < -0.4 is 26.6 Å². The molecule has 44 heavy (non-hydrogen) atoms. The smallest absolute Gasteiger partial charge is 0.271 e. The van der Waals surface area contributed by atoms with Gasteiger partial charge in [-0.25, -0.2) is 15.0 Å². The summed E-state index contributed by atoms with van der Waals surface area (Å²) >= 11 is 0. The lowest BCUT2D eigenvalue weighted by atomic mass is 10.0. The van der Waals surface area contributed by atoms with Crippen LogP contribution in [0, 0.1) is 0 Å². The van der Waals surface area contributed by atoms with E-state index in [2.05, 4.69) is 39.5 Å². The average molecular weight is 586 g/mol. The van der Waals surface area contributed by atoms with E-state index in [4.69, 9.17) is 20.4 Å². The van der Waals surface area contributed by atoms with E-state index in [-0.39, 0.29) is 11.8 Å². The number of methoxy groups -OCH3 is 1. The topological polar surface area (TPSA) is 128 Å². The number of likely N-dealkylation sites (tertiary alicyclic amines) is 1. The molecule has 3 aromatic carbocycles. The summed E-state index contributed by atoms with van der Waals surface area (Å²) in [5.41, 5.74) is 11.7. The Morgan fingerprint density at radius 2 is 1.77 bits per heavy atom. The summed E-state index contributed by atoms with van der Waals surface area (Å²) in [5, 5.41) is 3.25. The summed E-state index contributed by atoms with van der Waals surface area (Å²) in [7, 11) is 1.41. The molecule has 10 heteroatoms. The van der Waals surface area contributed by atoms with Crippen LogP contribution in [0.5, 0.6) is 5.75 Å². The molecule has 0 unspecified atom stereocenters. The van der Waals surface area contributed by atoms with Crippen molar-refractivity contribution >= 4 is 22.7 Å². The number of hydrogen-bond acceptors (Lipinski definition) is 9. The molecule has 7 rings (SSSR count). The lowest BCUT2D eigenvalue weighted by Crippen LogP contribution is -2.45. The monoisotopic (exact) mass is 585 g/mol. The number of piperidine rings is 1. The molecule has 3 aromatic heterocycles. The van der Waals surface area contributed by atoms with Crippen LogP contribution >= 0.6 is 0 Å². The van der Waals surface area contributed by atoms with Crippen LogP contribution in [0.2, 0.25) is 0 Å². The summed E-state index contributed by atoms with van der Waals surface area (Å²) in [4.78, 5) is 40.4. The molecular formula is C34H31N7O3. The van der Waals surface area contributed by atoms with Gasteiger partial charge in [0.15, 0.2) is 17.2 Å². The normalized spacial score (nSPS) is 15.5. The number of ether oxygens (including phenoxy) is 1. The first-order valence-electron chi connectivity index (χ1n) is 14.6. The van der Waals surface area contributed by atoms with E-state index >= 15 is 0 Å². The molecule has 4 heterocycles. The highest BCUT2D eigenvalue weighted by molar-refractivity contribution is 5.84. The maximum absolute atomic E-state index is 12.0. The Morgan fingerprint density at radius 3 is 2.55 bits per heavy atom. The number of imidazole rings is 1. The Hall–Kier alpha value is -5.35. The second kappa shape index (κ2) is 11.4. The second-order valence-corrected chi connectivity index (χ2v) is 11.1. The Labute approximate surface area is 253 Å². The highest BCUT2D eigenvalue weighted by Crippen LogP contribution is 2.32. The zero-order valence-electron chi connectivity index (χ0n) is 24.2. The van der Waals surface area contributed by atoms with Crippen LogP contribution in [-0.2, 0) is 6.54 Å². The van der Waals surface area contributed by atoms with Crippen molar-refractivity contribution in [3.05, 3.63) is 111 Å². The van der Waals surface area contributed by atoms with E-state index in [1.807, 2.05) is 59.2 Å². The van der Waals surface area contributed by atoms with E-state index in [9.17, 15) is 9.59 Å². The number of aromatic nitrogens is 4. The van der Waals surface area contributed by atoms with Crippen molar-refractivity contribution in [1.29, 1.82) is 0 Å². The van der Waals surface area contributed by atoms with Gasteiger partial charge in [-0.05, 0) is 61.3 Å². The molecular weight excluding hydrogens is 554 g/mol. The minimum absolute atomic E-state index is 0.0647. The van der Waals surface area contributed by atoms with Crippen molar-refractivity contribution in [2.45, 2.75) is 25.4 Å². The van der Waals surface area contributed by atoms with Gasteiger partial charge in [0, 0.05) is 36.6 Å². The fourth-order valence-corrected chi connectivity index (χ4v) is 5.99. The standard InChI is InChI=1S/C34H31N7O3/c1-44-31-28(29(42)30(31)43)37-23-9-6-18-40(20-23)19-21-11-13-24(14-12-21)41-33(25-10-5-17-36-32(25)35)39-27-16-15-26(38-34(27)41)22-7-3-2-4-8-22/h2-5,7-8,10-17,23,37H,6,9,18-20H2,1H3,(H2,35,36)/t23-/m0/s1. The zero-order chi connectivity index (χ0) is 30.2. The molecule has 10 nitrogen and oxygen atoms in total. The van der Waals surface area contributed by atoms with Gasteiger partial charge in [0.05, 0.1) is 18.4 Å². The summed E-state index contributed by atoms with van der Waals surface area (Å²) in [6.45, 7) is 2.46. The highest BCUT2D eigenvalue weighted by Gasteiger charge is 2.27. The van der Waals surface area contributed by atoms with Gasteiger partial charge in [-0.15, -0.1) is 0 Å². The molecule has 1 saturated heterocycles. The Kier molecular flexibility index (Phi) is 7.11. The zero-order valence-corrected chi connectivity index (χ0v) is 24.2. The first-order chi connectivity index (χ1) is 21.5. The first-order valence-corrected chi connectivity index (χ1v) is 14.6. The molecule has 1 atom stereocenters. The van der Waals surface area contributed by atoms with E-state index < -0.39 is 10.9 Å². The van der Waals surface area contributed by atoms with E-state index in [1.54, 1.807) is 6.20 Å². The molecule has 3 N–H and O–H groups in total. The van der Waals surface area contributed by atoms with Crippen molar-refractivity contribution in [3.63, 3.8) is 0 Å². The third-order valence-electron chi connectivity index (χ3n) is 8.18. The minimum atomic E-state index is -0.561. The number of rotatable bonds is 8. The first kappa shape index (κ1) is 27.5. The Balaban J connectivity index is 1.18. The Morgan fingerprint density at radius 1 is 0.955 bits per heavy atom. The maximum Gasteiger partial charge on any atom is 0.271 e. The molecule has 0 amide bonds. The van der Waals surface area contributed by atoms with Crippen LogP contribution in [0.4, 0.5) is 11.5 Å². The number of hydrogen-bond donors (Lipinski definition) is 2. The number of nitrogens with one attached hydrogen (secondary N) is 1. The molecule has 0 bridgehead atoms. The largest absolute Gasteiger partial charge is 0.491 e. The quantitative estimate of drug-likeness (QED) is 0.250. The second-order valence-electron chi connectivity index (χ2n) is 11.1. The van der Waals surface area contributed by atoms with Crippen molar-refractivity contribution in [2.75, 3.05) is 31.2 Å². The average Bonchev–Trinajstić information content (AvgIpc) is 3.44.